The Kier molecular flexibility index (Phi) is 4.54. The first-order chi connectivity index (χ1) is 13.5. The van der Waals surface area contributed by atoms with Crippen molar-refractivity contribution in [1.82, 2.24) is 4.31 Å². The first-order valence-corrected chi connectivity index (χ1v) is 10.7. The lowest BCUT2D eigenvalue weighted by Gasteiger charge is -2.29. The van der Waals surface area contributed by atoms with E-state index in [9.17, 15) is 23.1 Å². The number of fused-ring (bicyclic) bond motifs is 5. The van der Waals surface area contributed by atoms with Crippen LogP contribution in [0.1, 0.15) is 19.4 Å². The van der Waals surface area contributed by atoms with Crippen LogP contribution in [-0.4, -0.2) is 67.0 Å². The van der Waals surface area contributed by atoms with Crippen molar-refractivity contribution in [3.8, 4) is 0 Å². The van der Waals surface area contributed by atoms with Gasteiger partial charge in [-0.25, -0.2) is 8.42 Å². The highest BCUT2D eigenvalue weighted by Gasteiger charge is 2.74. The molecule has 1 aromatic rings. The lowest BCUT2D eigenvalue weighted by atomic mass is 9.76. The van der Waals surface area contributed by atoms with Crippen LogP contribution < -0.4 is 0 Å². The summed E-state index contributed by atoms with van der Waals surface area (Å²) in [6, 6.07) is 4.13. The number of carboxylic acids is 1. The fourth-order valence-electron chi connectivity index (χ4n) is 4.86. The monoisotopic (exact) mass is 425 g/mol. The zero-order valence-corrected chi connectivity index (χ0v) is 17.3. The number of carbonyl (C=O) groups excluding carboxylic acids is 1. The van der Waals surface area contributed by atoms with Crippen LogP contribution in [0.5, 0.6) is 0 Å². The van der Waals surface area contributed by atoms with Gasteiger partial charge in [0.15, 0.2) is 5.79 Å². The van der Waals surface area contributed by atoms with Crippen LogP contribution in [0.4, 0.5) is 0 Å². The van der Waals surface area contributed by atoms with Crippen LogP contribution in [0.15, 0.2) is 29.2 Å². The minimum Gasteiger partial charge on any atom is -0.481 e. The molecule has 3 saturated heterocycles. The van der Waals surface area contributed by atoms with Gasteiger partial charge in [0.05, 0.1) is 35.9 Å². The van der Waals surface area contributed by atoms with Gasteiger partial charge in [0.25, 0.3) is 0 Å². The number of nitrogens with zero attached hydrogens (tertiary/aromatic N) is 1. The van der Waals surface area contributed by atoms with E-state index in [2.05, 4.69) is 0 Å². The lowest BCUT2D eigenvalue weighted by molar-refractivity contribution is -0.161. The largest absolute Gasteiger partial charge is 0.481 e. The Balaban J connectivity index is 1.85. The van der Waals surface area contributed by atoms with Gasteiger partial charge < -0.3 is 19.3 Å². The van der Waals surface area contributed by atoms with Gasteiger partial charge in [0.2, 0.25) is 10.0 Å². The quantitative estimate of drug-likeness (QED) is 0.702. The fourth-order valence-corrected chi connectivity index (χ4v) is 6.72. The van der Waals surface area contributed by atoms with Gasteiger partial charge >= 0.3 is 11.9 Å². The summed E-state index contributed by atoms with van der Waals surface area (Å²) in [7, 11) is -2.96. The second kappa shape index (κ2) is 6.49. The van der Waals surface area contributed by atoms with Crippen LogP contribution in [0.25, 0.3) is 0 Å². The Morgan fingerprint density at radius 1 is 1.07 bits per heavy atom. The summed E-state index contributed by atoms with van der Waals surface area (Å²) in [4.78, 5) is 24.6. The molecule has 29 heavy (non-hydrogen) atoms. The van der Waals surface area contributed by atoms with E-state index in [0.717, 1.165) is 17.0 Å². The van der Waals surface area contributed by atoms with Crippen molar-refractivity contribution >= 4 is 22.0 Å². The van der Waals surface area contributed by atoms with Crippen molar-refractivity contribution < 1.29 is 37.3 Å². The normalized spacial score (nSPS) is 35.4. The van der Waals surface area contributed by atoms with Crippen molar-refractivity contribution in [1.29, 1.82) is 0 Å². The van der Waals surface area contributed by atoms with E-state index in [1.54, 1.807) is 26.0 Å². The average molecular weight is 425 g/mol. The molecule has 1 N–H and O–H groups in total. The number of rotatable bonds is 4. The molecule has 0 spiro atoms. The summed E-state index contributed by atoms with van der Waals surface area (Å²) in [6.07, 6.45) is -1.56. The fraction of sp³-hybridized carbons (Fsp3) is 0.579. The summed E-state index contributed by atoms with van der Waals surface area (Å²) >= 11 is 0. The third-order valence-electron chi connectivity index (χ3n) is 5.90. The highest BCUT2D eigenvalue weighted by atomic mass is 32.2. The second-order valence-corrected chi connectivity index (χ2v) is 9.95. The van der Waals surface area contributed by atoms with Gasteiger partial charge in [-0.05, 0) is 32.9 Å². The summed E-state index contributed by atoms with van der Waals surface area (Å²) in [6.45, 7) is 5.18. The molecule has 0 aliphatic carbocycles. The molecule has 6 atom stereocenters. The zero-order valence-electron chi connectivity index (χ0n) is 16.4. The van der Waals surface area contributed by atoms with Crippen LogP contribution in [0.2, 0.25) is 0 Å². The number of carboxylic acid groups (broad SMARTS) is 1. The number of carbonyl (C=O) groups is 2. The van der Waals surface area contributed by atoms with E-state index in [1.165, 1.54) is 12.1 Å². The minimum absolute atomic E-state index is 0.0204. The average Bonchev–Trinajstić information content (AvgIpc) is 3.24. The molecule has 10 heteroatoms. The number of esters is 1. The molecule has 158 valence electrons. The van der Waals surface area contributed by atoms with Crippen molar-refractivity contribution in [3.05, 3.63) is 29.8 Å². The lowest BCUT2D eigenvalue weighted by Crippen LogP contribution is -2.50. The molecule has 0 saturated carbocycles. The molecule has 4 rings (SSSR count). The number of methoxy groups -OCH3 is 1. The van der Waals surface area contributed by atoms with Gasteiger partial charge in [-0.2, -0.15) is 4.31 Å². The van der Waals surface area contributed by atoms with Gasteiger partial charge in [0, 0.05) is 0 Å². The van der Waals surface area contributed by atoms with Crippen LogP contribution in [0.3, 0.4) is 0 Å². The van der Waals surface area contributed by atoms with Crippen molar-refractivity contribution in [2.75, 3.05) is 7.11 Å². The predicted octanol–water partition coefficient (Wildman–Crippen LogP) is 0.760. The third-order valence-corrected chi connectivity index (χ3v) is 7.81. The standard InChI is InChI=1S/C19H23NO8S/c1-9-5-7-10(8-6-9)29(24,25)20-13-11(17(21)22)12(18(23)26-4)14(20)16-15(13)27-19(2,3)28-16/h5-8,11-16H,1-4H3,(H,21,22)/t11-,12-,13+,14-,15+,16-/m1/s1. The zero-order chi connectivity index (χ0) is 21.3. The molecule has 0 unspecified atom stereocenters. The van der Waals surface area contributed by atoms with Crippen molar-refractivity contribution in [3.63, 3.8) is 0 Å². The highest BCUT2D eigenvalue weighted by molar-refractivity contribution is 7.89. The predicted molar refractivity (Wildman–Crippen MR) is 98.2 cm³/mol. The number of sulfonamides is 1. The Labute approximate surface area is 168 Å². The first-order valence-electron chi connectivity index (χ1n) is 9.26. The molecule has 0 aromatic heterocycles. The topological polar surface area (TPSA) is 119 Å². The number of ether oxygens (including phenoxy) is 3. The Morgan fingerprint density at radius 3 is 2.07 bits per heavy atom. The molecule has 3 aliphatic heterocycles. The van der Waals surface area contributed by atoms with Crippen molar-refractivity contribution in [2.45, 2.75) is 55.7 Å². The molecule has 3 heterocycles. The maximum Gasteiger partial charge on any atom is 0.311 e. The summed E-state index contributed by atoms with van der Waals surface area (Å²) < 4.78 is 44.7. The number of hydrogen-bond donors (Lipinski definition) is 1. The first kappa shape index (κ1) is 20.3. The van der Waals surface area contributed by atoms with E-state index in [1.807, 2.05) is 6.92 Å². The second-order valence-electron chi connectivity index (χ2n) is 8.11. The molecule has 3 fully saturated rings. The number of aryl methyl sites for hydroxylation is 1. The summed E-state index contributed by atoms with van der Waals surface area (Å²) in [5, 5.41) is 9.87. The molecular weight excluding hydrogens is 402 g/mol. The van der Waals surface area contributed by atoms with Crippen molar-refractivity contribution in [2.24, 2.45) is 11.8 Å². The number of benzene rings is 1. The van der Waals surface area contributed by atoms with Gasteiger partial charge in [-0.3, -0.25) is 9.59 Å². The minimum atomic E-state index is -4.11. The Morgan fingerprint density at radius 2 is 1.59 bits per heavy atom. The van der Waals surface area contributed by atoms with Gasteiger partial charge in [0.1, 0.15) is 12.2 Å². The number of hydrogen-bond acceptors (Lipinski definition) is 7. The van der Waals surface area contributed by atoms with Crippen LogP contribution in [-0.2, 0) is 33.8 Å². The van der Waals surface area contributed by atoms with Gasteiger partial charge in [-0.1, -0.05) is 17.7 Å². The number of aliphatic carboxylic acids is 1. The maximum absolute atomic E-state index is 13.5. The van der Waals surface area contributed by atoms with Gasteiger partial charge in [-0.15, -0.1) is 0 Å². The van der Waals surface area contributed by atoms with E-state index in [0.29, 0.717) is 0 Å². The molecular formula is C19H23NO8S. The molecule has 0 radical (unpaired) electrons. The maximum atomic E-state index is 13.5. The molecule has 1 aromatic carbocycles. The van der Waals surface area contributed by atoms with Crippen LogP contribution >= 0.6 is 0 Å². The third kappa shape index (κ3) is 2.89. The summed E-state index contributed by atoms with van der Waals surface area (Å²) in [5.41, 5.74) is 0.884. The van der Waals surface area contributed by atoms with E-state index in [-0.39, 0.29) is 4.90 Å². The Hall–Kier alpha value is -2.01. The smallest absolute Gasteiger partial charge is 0.311 e. The SMILES string of the molecule is COC(=O)[C@@H]1[C@@H](C(=O)O)[C@H]2[C@@H]3OC(C)(C)O[C@@H]3[C@@H]1N2S(=O)(=O)c1ccc(C)cc1. The highest BCUT2D eigenvalue weighted by Crippen LogP contribution is 2.55. The molecule has 0 amide bonds. The van der Waals surface area contributed by atoms with Crippen LogP contribution in [0, 0.1) is 18.8 Å². The van der Waals surface area contributed by atoms with E-state index < -0.39 is 63.9 Å². The Bertz CT molecular complexity index is 957. The molecule has 3 aliphatic rings. The summed E-state index contributed by atoms with van der Waals surface area (Å²) in [5.74, 6) is -5.56. The van der Waals surface area contributed by atoms with E-state index >= 15 is 0 Å². The molecule has 2 bridgehead atoms. The molecule has 9 nitrogen and oxygen atoms in total. The van der Waals surface area contributed by atoms with E-state index in [4.69, 9.17) is 14.2 Å².